The van der Waals surface area contributed by atoms with Gasteiger partial charge in [0.2, 0.25) is 0 Å². The van der Waals surface area contributed by atoms with E-state index in [9.17, 15) is 5.11 Å². The number of nitriles is 1. The summed E-state index contributed by atoms with van der Waals surface area (Å²) >= 11 is 0. The van der Waals surface area contributed by atoms with Crippen LogP contribution in [0, 0.1) is 17.2 Å². The fourth-order valence-electron chi connectivity index (χ4n) is 5.74. The zero-order chi connectivity index (χ0) is 25.5. The molecule has 3 heterocycles. The van der Waals surface area contributed by atoms with Crippen LogP contribution >= 0.6 is 0 Å². The van der Waals surface area contributed by atoms with Gasteiger partial charge in [0.05, 0.1) is 24.6 Å². The molecule has 2 aliphatic rings. The van der Waals surface area contributed by atoms with Crippen molar-refractivity contribution in [2.24, 2.45) is 13.0 Å². The van der Waals surface area contributed by atoms with E-state index in [-0.39, 0.29) is 11.7 Å². The maximum atomic E-state index is 10.9. The minimum absolute atomic E-state index is 0.160. The molecule has 1 aliphatic heterocycles. The van der Waals surface area contributed by atoms with Gasteiger partial charge in [0.25, 0.3) is 0 Å². The zero-order valence-electron chi connectivity index (χ0n) is 21.1. The predicted octanol–water partition coefficient (Wildman–Crippen LogP) is 4.89. The number of rotatable bonds is 5. The maximum Gasteiger partial charge on any atom is 0.147 e. The fourth-order valence-corrected chi connectivity index (χ4v) is 5.74. The molecular weight excluding hydrogens is 464 g/mol. The normalized spacial score (nSPS) is 20.5. The van der Waals surface area contributed by atoms with Crippen LogP contribution in [0.15, 0.2) is 48.7 Å². The summed E-state index contributed by atoms with van der Waals surface area (Å²) in [6.45, 7) is 2.00. The van der Waals surface area contributed by atoms with Crippen LogP contribution in [0.4, 0.5) is 0 Å². The van der Waals surface area contributed by atoms with Crippen molar-refractivity contribution < 1.29 is 9.84 Å². The Kier molecular flexibility index (Phi) is 6.01. The number of phenolic OH excluding ortho intramolecular Hbond substituents is 1. The average molecular weight is 495 g/mol. The Balaban J connectivity index is 1.15. The van der Waals surface area contributed by atoms with E-state index in [1.807, 2.05) is 49.6 Å². The number of phenols is 1. The topological polar surface area (TPSA) is 100 Å². The Morgan fingerprint density at radius 2 is 1.81 bits per heavy atom. The van der Waals surface area contributed by atoms with E-state index in [4.69, 9.17) is 10.00 Å². The summed E-state index contributed by atoms with van der Waals surface area (Å²) in [6.07, 6.45) is 6.23. The van der Waals surface area contributed by atoms with E-state index in [1.54, 1.807) is 17.9 Å². The molecular formula is C29H30N6O2. The lowest BCUT2D eigenvalue weighted by molar-refractivity contribution is 0.0620. The maximum absolute atomic E-state index is 10.9. The van der Waals surface area contributed by atoms with Crippen molar-refractivity contribution >= 4 is 10.9 Å². The molecule has 6 rings (SSSR count). The molecule has 1 saturated heterocycles. The van der Waals surface area contributed by atoms with Gasteiger partial charge in [-0.1, -0.05) is 6.07 Å². The Bertz CT molecular complexity index is 1480. The van der Waals surface area contributed by atoms with E-state index < -0.39 is 0 Å². The molecule has 0 bridgehead atoms. The van der Waals surface area contributed by atoms with Crippen LogP contribution in [-0.4, -0.2) is 56.2 Å². The number of methoxy groups -OCH3 is 1. The van der Waals surface area contributed by atoms with Gasteiger partial charge in [-0.15, -0.1) is 0 Å². The summed E-state index contributed by atoms with van der Waals surface area (Å²) in [4.78, 5) is 2.52. The summed E-state index contributed by atoms with van der Waals surface area (Å²) < 4.78 is 7.32. The molecule has 0 spiro atoms. The first-order valence-electron chi connectivity index (χ1n) is 12.8. The zero-order valence-corrected chi connectivity index (χ0v) is 21.1. The number of nitrogens with zero attached hydrogens (tertiary/aromatic N) is 6. The number of benzene rings is 2. The van der Waals surface area contributed by atoms with Crippen molar-refractivity contribution in [2.45, 2.75) is 37.6 Å². The Morgan fingerprint density at radius 3 is 2.49 bits per heavy atom. The molecule has 0 amide bonds. The van der Waals surface area contributed by atoms with Crippen molar-refractivity contribution in [3.05, 3.63) is 54.4 Å². The van der Waals surface area contributed by atoms with Gasteiger partial charge in [-0.25, -0.2) is 0 Å². The van der Waals surface area contributed by atoms with Crippen LogP contribution in [0.5, 0.6) is 11.5 Å². The molecule has 1 aliphatic carbocycles. The number of ether oxygens (including phenoxy) is 1. The van der Waals surface area contributed by atoms with Gasteiger partial charge in [-0.2, -0.15) is 20.6 Å². The minimum atomic E-state index is 0.160. The number of aromatic nitrogens is 4. The number of aromatic hydroxyl groups is 1. The van der Waals surface area contributed by atoms with Crippen LogP contribution in [0.3, 0.4) is 0 Å². The van der Waals surface area contributed by atoms with Crippen molar-refractivity contribution in [1.82, 2.24) is 24.9 Å². The van der Waals surface area contributed by atoms with Gasteiger partial charge < -0.3 is 9.84 Å². The highest BCUT2D eigenvalue weighted by Crippen LogP contribution is 2.37. The molecule has 0 atom stereocenters. The third-order valence-electron chi connectivity index (χ3n) is 7.92. The second-order valence-corrected chi connectivity index (χ2v) is 10.3. The largest absolute Gasteiger partial charge is 0.507 e. The number of aryl methyl sites for hydroxylation is 1. The van der Waals surface area contributed by atoms with Crippen LogP contribution < -0.4 is 4.74 Å². The van der Waals surface area contributed by atoms with Gasteiger partial charge >= 0.3 is 0 Å². The molecule has 2 aromatic carbocycles. The quantitative estimate of drug-likeness (QED) is 0.421. The predicted molar refractivity (Wildman–Crippen MR) is 141 cm³/mol. The Labute approximate surface area is 216 Å². The van der Waals surface area contributed by atoms with Crippen molar-refractivity contribution in [3.8, 4) is 40.0 Å². The second kappa shape index (κ2) is 9.49. The molecule has 8 nitrogen and oxygen atoms in total. The van der Waals surface area contributed by atoms with Gasteiger partial charge in [0, 0.05) is 55.2 Å². The highest BCUT2D eigenvalue weighted by molar-refractivity contribution is 5.90. The Morgan fingerprint density at radius 1 is 1.00 bits per heavy atom. The lowest BCUT2D eigenvalue weighted by Crippen LogP contribution is -2.51. The number of likely N-dealkylation sites (tertiary alicyclic amines) is 1. The van der Waals surface area contributed by atoms with Crippen LogP contribution in [-0.2, 0) is 7.05 Å². The van der Waals surface area contributed by atoms with Gasteiger partial charge in [-0.3, -0.25) is 9.58 Å². The smallest absolute Gasteiger partial charge is 0.147 e. The summed E-state index contributed by atoms with van der Waals surface area (Å²) in [6, 6.07) is 16.6. The summed E-state index contributed by atoms with van der Waals surface area (Å²) in [5, 5.41) is 34.4. The highest BCUT2D eigenvalue weighted by Gasteiger charge is 2.36. The van der Waals surface area contributed by atoms with E-state index in [0.717, 1.165) is 66.5 Å². The molecule has 8 heteroatoms. The Hall–Kier alpha value is -3.96. The fraction of sp³-hybridized carbons (Fsp3) is 0.379. The average Bonchev–Trinajstić information content (AvgIpc) is 3.28. The first-order valence-corrected chi connectivity index (χ1v) is 12.8. The van der Waals surface area contributed by atoms with Gasteiger partial charge in [-0.05, 0) is 73.2 Å². The van der Waals surface area contributed by atoms with Crippen molar-refractivity contribution in [2.75, 3.05) is 20.2 Å². The third kappa shape index (κ3) is 4.40. The van der Waals surface area contributed by atoms with E-state index in [0.29, 0.717) is 29.0 Å². The van der Waals surface area contributed by atoms with E-state index >= 15 is 0 Å². The van der Waals surface area contributed by atoms with E-state index in [2.05, 4.69) is 26.3 Å². The molecule has 0 radical (unpaired) electrons. The number of hydrogen-bond donors (Lipinski definition) is 1. The van der Waals surface area contributed by atoms with Gasteiger partial charge in [0.1, 0.15) is 17.0 Å². The van der Waals surface area contributed by atoms with Crippen molar-refractivity contribution in [1.29, 1.82) is 5.26 Å². The molecule has 1 N–H and O–H groups in total. The van der Waals surface area contributed by atoms with Crippen molar-refractivity contribution in [3.63, 3.8) is 0 Å². The summed E-state index contributed by atoms with van der Waals surface area (Å²) in [5.74, 6) is 1.49. The number of hydrogen-bond acceptors (Lipinski definition) is 7. The molecule has 2 fully saturated rings. The first-order chi connectivity index (χ1) is 18.0. The summed E-state index contributed by atoms with van der Waals surface area (Å²) in [7, 11) is 3.52. The SMILES string of the molecule is COc1cc(-c2ccc(-c3ccc(C4CN(C5CCC(C#N)CC5)C4)nn3)c(O)c2)cc2cn(C)nc12. The highest BCUT2D eigenvalue weighted by atomic mass is 16.5. The van der Waals surface area contributed by atoms with Crippen LogP contribution in [0.2, 0.25) is 0 Å². The minimum Gasteiger partial charge on any atom is -0.507 e. The van der Waals surface area contributed by atoms with Gasteiger partial charge in [0.15, 0.2) is 0 Å². The lowest BCUT2D eigenvalue weighted by atomic mass is 9.83. The molecule has 0 unspecified atom stereocenters. The molecule has 2 aromatic heterocycles. The molecule has 1 saturated carbocycles. The standard InChI is InChI=1S/C29H30N6O2/c1-34-15-21-11-20(13-28(37-2)29(21)33-34)19-5-8-24(27(36)12-19)26-10-9-25(31-32-26)22-16-35(17-22)23-6-3-18(14-30)4-7-23/h5,8-13,15,18,22-23,36H,3-4,6-7,16-17H2,1-2H3. The molecule has 37 heavy (non-hydrogen) atoms. The third-order valence-corrected chi connectivity index (χ3v) is 7.92. The molecule has 4 aromatic rings. The monoisotopic (exact) mass is 494 g/mol. The van der Waals surface area contributed by atoms with Crippen LogP contribution in [0.25, 0.3) is 33.3 Å². The van der Waals surface area contributed by atoms with Crippen LogP contribution in [0.1, 0.15) is 37.3 Å². The summed E-state index contributed by atoms with van der Waals surface area (Å²) in [5.41, 5.74) is 4.94. The van der Waals surface area contributed by atoms with E-state index in [1.165, 1.54) is 0 Å². The first kappa shape index (κ1) is 23.4. The second-order valence-electron chi connectivity index (χ2n) is 10.3. The molecule has 188 valence electrons. The number of fused-ring (bicyclic) bond motifs is 1. The lowest BCUT2D eigenvalue weighted by Gasteiger charge is -2.45.